The molecule has 1 nitrogen and oxygen atoms in total. The van der Waals surface area contributed by atoms with E-state index < -0.39 is 0 Å². The van der Waals surface area contributed by atoms with Gasteiger partial charge in [0, 0.05) is 11.0 Å². The third-order valence-corrected chi connectivity index (χ3v) is 2.44. The minimum Gasteiger partial charge on any atom is -0.312 e. The molecule has 0 spiro atoms. The summed E-state index contributed by atoms with van der Waals surface area (Å²) in [7, 11) is 0. The van der Waals surface area contributed by atoms with Gasteiger partial charge in [0.05, 0.1) is 0 Å². The molecule has 14 heavy (non-hydrogen) atoms. The van der Waals surface area contributed by atoms with Crippen molar-refractivity contribution >= 4 is 15.9 Å². The van der Waals surface area contributed by atoms with Gasteiger partial charge in [-0.3, -0.25) is 0 Å². The lowest BCUT2D eigenvalue weighted by atomic mass is 10.2. The number of rotatable bonds is 5. The summed E-state index contributed by atoms with van der Waals surface area (Å²) >= 11 is 3.45. The highest BCUT2D eigenvalue weighted by Gasteiger charge is 1.93. The molecule has 0 bridgehead atoms. The van der Waals surface area contributed by atoms with Crippen LogP contribution in [0.1, 0.15) is 18.9 Å². The lowest BCUT2D eigenvalue weighted by Crippen LogP contribution is -2.14. The summed E-state index contributed by atoms with van der Waals surface area (Å²) in [5.41, 5.74) is 2.54. The Bertz CT molecular complexity index is 307. The van der Waals surface area contributed by atoms with Crippen molar-refractivity contribution in [2.75, 3.05) is 6.54 Å². The molecular formula is C12H16BrN. The predicted octanol–water partition coefficient (Wildman–Crippen LogP) is 3.50. The third kappa shape index (κ3) is 4.58. The second kappa shape index (κ2) is 5.99. The smallest absolute Gasteiger partial charge is 0.0206 e. The Hall–Kier alpha value is -0.600. The van der Waals surface area contributed by atoms with Crippen molar-refractivity contribution in [3.05, 3.63) is 46.5 Å². The van der Waals surface area contributed by atoms with Gasteiger partial charge in [0.15, 0.2) is 0 Å². The zero-order valence-electron chi connectivity index (χ0n) is 8.52. The van der Waals surface area contributed by atoms with Crippen molar-refractivity contribution < 1.29 is 0 Å². The van der Waals surface area contributed by atoms with Crippen molar-refractivity contribution in [2.45, 2.75) is 19.9 Å². The van der Waals surface area contributed by atoms with E-state index in [1.165, 1.54) is 11.1 Å². The fourth-order valence-electron chi connectivity index (χ4n) is 1.18. The zero-order chi connectivity index (χ0) is 10.4. The number of halogens is 1. The lowest BCUT2D eigenvalue weighted by Gasteiger charge is -2.04. The topological polar surface area (TPSA) is 12.0 Å². The molecule has 0 atom stereocenters. The van der Waals surface area contributed by atoms with Gasteiger partial charge in [-0.05, 0) is 37.6 Å². The standard InChI is InChI=1S/C12H16BrN/c1-10(2)6-7-14-9-11-4-3-5-12(13)8-11/h3-5,8,14H,1,6-7,9H2,2H3. The van der Waals surface area contributed by atoms with Crippen molar-refractivity contribution in [1.82, 2.24) is 5.32 Å². The van der Waals surface area contributed by atoms with E-state index in [9.17, 15) is 0 Å². The Kier molecular flexibility index (Phi) is 4.91. The maximum absolute atomic E-state index is 3.87. The first-order valence-electron chi connectivity index (χ1n) is 4.78. The molecule has 1 aromatic carbocycles. The normalized spacial score (nSPS) is 10.1. The molecular weight excluding hydrogens is 238 g/mol. The molecule has 0 saturated carbocycles. The van der Waals surface area contributed by atoms with E-state index in [2.05, 4.69) is 52.9 Å². The first kappa shape index (κ1) is 11.5. The molecule has 0 amide bonds. The Morgan fingerprint density at radius 3 is 2.93 bits per heavy atom. The number of hydrogen-bond donors (Lipinski definition) is 1. The van der Waals surface area contributed by atoms with Crippen LogP contribution >= 0.6 is 15.9 Å². The van der Waals surface area contributed by atoms with E-state index >= 15 is 0 Å². The fraction of sp³-hybridized carbons (Fsp3) is 0.333. The molecule has 0 aliphatic heterocycles. The van der Waals surface area contributed by atoms with Gasteiger partial charge < -0.3 is 5.32 Å². The largest absolute Gasteiger partial charge is 0.312 e. The van der Waals surface area contributed by atoms with Gasteiger partial charge in [0.25, 0.3) is 0 Å². The average Bonchev–Trinajstić information content (AvgIpc) is 2.12. The fourth-order valence-corrected chi connectivity index (χ4v) is 1.63. The number of nitrogens with one attached hydrogen (secondary N) is 1. The van der Waals surface area contributed by atoms with Crippen LogP contribution < -0.4 is 5.32 Å². The Labute approximate surface area is 94.3 Å². The molecule has 1 rings (SSSR count). The van der Waals surface area contributed by atoms with E-state index in [-0.39, 0.29) is 0 Å². The second-order valence-corrected chi connectivity index (χ2v) is 4.43. The molecule has 0 fully saturated rings. The summed E-state index contributed by atoms with van der Waals surface area (Å²) in [4.78, 5) is 0. The second-order valence-electron chi connectivity index (χ2n) is 3.51. The van der Waals surface area contributed by atoms with Crippen LogP contribution in [0, 0.1) is 0 Å². The van der Waals surface area contributed by atoms with Crippen LogP contribution in [0.4, 0.5) is 0 Å². The van der Waals surface area contributed by atoms with Gasteiger partial charge in [-0.15, -0.1) is 6.58 Å². The lowest BCUT2D eigenvalue weighted by molar-refractivity contribution is 0.684. The monoisotopic (exact) mass is 253 g/mol. The summed E-state index contributed by atoms with van der Waals surface area (Å²) in [6.07, 6.45) is 1.05. The molecule has 1 aromatic rings. The minimum absolute atomic E-state index is 0.923. The third-order valence-electron chi connectivity index (χ3n) is 1.95. The average molecular weight is 254 g/mol. The van der Waals surface area contributed by atoms with Gasteiger partial charge in [0.2, 0.25) is 0 Å². The molecule has 0 aliphatic rings. The maximum atomic E-state index is 3.87. The summed E-state index contributed by atoms with van der Waals surface area (Å²) in [6.45, 7) is 7.85. The SMILES string of the molecule is C=C(C)CCNCc1cccc(Br)c1. The highest BCUT2D eigenvalue weighted by molar-refractivity contribution is 9.10. The number of hydrogen-bond acceptors (Lipinski definition) is 1. The van der Waals surface area contributed by atoms with E-state index in [1.807, 2.05) is 6.07 Å². The van der Waals surface area contributed by atoms with Crippen molar-refractivity contribution in [2.24, 2.45) is 0 Å². The Balaban J connectivity index is 2.28. The van der Waals surface area contributed by atoms with Crippen LogP contribution in [0.15, 0.2) is 40.9 Å². The van der Waals surface area contributed by atoms with E-state index in [0.29, 0.717) is 0 Å². The highest BCUT2D eigenvalue weighted by Crippen LogP contribution is 2.11. The molecule has 0 saturated heterocycles. The molecule has 0 aromatic heterocycles. The molecule has 1 N–H and O–H groups in total. The van der Waals surface area contributed by atoms with E-state index in [4.69, 9.17) is 0 Å². The van der Waals surface area contributed by atoms with Crippen LogP contribution in [0.3, 0.4) is 0 Å². The predicted molar refractivity (Wildman–Crippen MR) is 65.3 cm³/mol. The zero-order valence-corrected chi connectivity index (χ0v) is 10.1. The van der Waals surface area contributed by atoms with Crippen LogP contribution in [0.5, 0.6) is 0 Å². The summed E-state index contributed by atoms with van der Waals surface area (Å²) in [6, 6.07) is 8.35. The minimum atomic E-state index is 0.923. The first-order chi connectivity index (χ1) is 6.68. The Morgan fingerprint density at radius 2 is 2.29 bits per heavy atom. The van der Waals surface area contributed by atoms with E-state index in [0.717, 1.165) is 24.0 Å². The van der Waals surface area contributed by atoms with Gasteiger partial charge in [-0.25, -0.2) is 0 Å². The Morgan fingerprint density at radius 1 is 1.50 bits per heavy atom. The van der Waals surface area contributed by atoms with Crippen LogP contribution in [-0.2, 0) is 6.54 Å². The molecule has 0 aliphatic carbocycles. The quantitative estimate of drug-likeness (QED) is 0.626. The van der Waals surface area contributed by atoms with Gasteiger partial charge in [-0.2, -0.15) is 0 Å². The summed E-state index contributed by atoms with van der Waals surface area (Å²) in [5, 5.41) is 3.38. The van der Waals surface area contributed by atoms with Gasteiger partial charge in [-0.1, -0.05) is 33.6 Å². The van der Waals surface area contributed by atoms with Gasteiger partial charge >= 0.3 is 0 Å². The molecule has 2 heteroatoms. The molecule has 76 valence electrons. The van der Waals surface area contributed by atoms with Crippen LogP contribution in [0.2, 0.25) is 0 Å². The van der Waals surface area contributed by atoms with Crippen molar-refractivity contribution in [3.63, 3.8) is 0 Å². The first-order valence-corrected chi connectivity index (χ1v) is 5.57. The van der Waals surface area contributed by atoms with Gasteiger partial charge in [0.1, 0.15) is 0 Å². The highest BCUT2D eigenvalue weighted by atomic mass is 79.9. The van der Waals surface area contributed by atoms with Crippen molar-refractivity contribution in [3.8, 4) is 0 Å². The molecule has 0 radical (unpaired) electrons. The number of benzene rings is 1. The summed E-state index contributed by atoms with van der Waals surface area (Å²) in [5.74, 6) is 0. The maximum Gasteiger partial charge on any atom is 0.0206 e. The van der Waals surface area contributed by atoms with Crippen LogP contribution in [-0.4, -0.2) is 6.54 Å². The summed E-state index contributed by atoms with van der Waals surface area (Å²) < 4.78 is 1.14. The van der Waals surface area contributed by atoms with Crippen LogP contribution in [0.25, 0.3) is 0 Å². The van der Waals surface area contributed by atoms with Crippen molar-refractivity contribution in [1.29, 1.82) is 0 Å². The molecule has 0 unspecified atom stereocenters. The van der Waals surface area contributed by atoms with E-state index in [1.54, 1.807) is 0 Å². The molecule has 0 heterocycles.